The molecule has 3 N–H and O–H groups in total. The van der Waals surface area contributed by atoms with Crippen LogP contribution >= 0.6 is 0 Å². The molecule has 0 bridgehead atoms. The highest BCUT2D eigenvalue weighted by Crippen LogP contribution is 2.18. The Kier molecular flexibility index (Phi) is 3.63. The SMILES string of the molecule is CC(N)C1CCN(CCN2C(=O)CNC2=O)C1. The van der Waals surface area contributed by atoms with E-state index in [4.69, 9.17) is 5.73 Å². The molecule has 0 aliphatic carbocycles. The topological polar surface area (TPSA) is 78.7 Å². The van der Waals surface area contributed by atoms with Gasteiger partial charge in [0.15, 0.2) is 0 Å². The number of hydrogen-bond acceptors (Lipinski definition) is 4. The van der Waals surface area contributed by atoms with Gasteiger partial charge in [0.2, 0.25) is 5.91 Å². The van der Waals surface area contributed by atoms with Crippen molar-refractivity contribution in [3.8, 4) is 0 Å². The lowest BCUT2D eigenvalue weighted by Gasteiger charge is -2.20. The van der Waals surface area contributed by atoms with Crippen LogP contribution in [-0.4, -0.2) is 60.5 Å². The third-order valence-corrected chi connectivity index (χ3v) is 3.63. The van der Waals surface area contributed by atoms with Gasteiger partial charge in [-0.15, -0.1) is 0 Å². The maximum Gasteiger partial charge on any atom is 0.324 e. The molecule has 96 valence electrons. The molecule has 0 radical (unpaired) electrons. The summed E-state index contributed by atoms with van der Waals surface area (Å²) in [6, 6.07) is -0.0466. The maximum absolute atomic E-state index is 11.4. The molecule has 2 unspecified atom stereocenters. The molecule has 2 heterocycles. The first-order valence-electron chi connectivity index (χ1n) is 6.14. The largest absolute Gasteiger partial charge is 0.329 e. The van der Waals surface area contributed by atoms with E-state index in [9.17, 15) is 9.59 Å². The number of amides is 3. The van der Waals surface area contributed by atoms with E-state index >= 15 is 0 Å². The van der Waals surface area contributed by atoms with Crippen molar-refractivity contribution in [1.82, 2.24) is 15.1 Å². The van der Waals surface area contributed by atoms with Crippen LogP contribution < -0.4 is 11.1 Å². The highest BCUT2D eigenvalue weighted by molar-refractivity contribution is 6.01. The molecule has 0 aromatic rings. The van der Waals surface area contributed by atoms with Crippen LogP contribution in [-0.2, 0) is 4.79 Å². The summed E-state index contributed by atoms with van der Waals surface area (Å²) in [6.45, 7) is 5.39. The van der Waals surface area contributed by atoms with E-state index in [0.29, 0.717) is 12.5 Å². The zero-order valence-electron chi connectivity index (χ0n) is 10.2. The first-order chi connectivity index (χ1) is 8.08. The van der Waals surface area contributed by atoms with Gasteiger partial charge in [0.1, 0.15) is 0 Å². The van der Waals surface area contributed by atoms with E-state index < -0.39 is 0 Å². The van der Waals surface area contributed by atoms with Crippen molar-refractivity contribution in [2.45, 2.75) is 19.4 Å². The number of carbonyl (C=O) groups is 2. The van der Waals surface area contributed by atoms with E-state index in [2.05, 4.69) is 10.2 Å². The lowest BCUT2D eigenvalue weighted by Crippen LogP contribution is -2.38. The second-order valence-electron chi connectivity index (χ2n) is 4.91. The zero-order chi connectivity index (χ0) is 12.4. The average molecular weight is 240 g/mol. The number of nitrogens with one attached hydrogen (secondary N) is 1. The molecule has 0 saturated carbocycles. The van der Waals surface area contributed by atoms with Gasteiger partial charge >= 0.3 is 6.03 Å². The lowest BCUT2D eigenvalue weighted by atomic mass is 10.0. The van der Waals surface area contributed by atoms with Crippen LogP contribution in [0.2, 0.25) is 0 Å². The summed E-state index contributed by atoms with van der Waals surface area (Å²) in [6.07, 6.45) is 1.11. The third-order valence-electron chi connectivity index (χ3n) is 3.63. The molecule has 2 aliphatic heterocycles. The molecule has 6 nitrogen and oxygen atoms in total. The van der Waals surface area contributed by atoms with Crippen molar-refractivity contribution in [1.29, 1.82) is 0 Å². The van der Waals surface area contributed by atoms with Gasteiger partial charge < -0.3 is 16.0 Å². The smallest absolute Gasteiger partial charge is 0.324 e. The number of hydrogen-bond donors (Lipinski definition) is 2. The van der Waals surface area contributed by atoms with Crippen LogP contribution in [0.25, 0.3) is 0 Å². The molecule has 2 aliphatic rings. The second kappa shape index (κ2) is 5.01. The van der Waals surface area contributed by atoms with E-state index in [0.717, 1.165) is 26.1 Å². The molecule has 2 saturated heterocycles. The van der Waals surface area contributed by atoms with E-state index in [1.54, 1.807) is 0 Å². The van der Waals surface area contributed by atoms with Gasteiger partial charge in [-0.1, -0.05) is 0 Å². The molecule has 17 heavy (non-hydrogen) atoms. The normalized spacial score (nSPS) is 27.6. The maximum atomic E-state index is 11.4. The van der Waals surface area contributed by atoms with Gasteiger partial charge in [-0.05, 0) is 25.8 Å². The molecule has 6 heteroatoms. The standard InChI is InChI=1S/C11H20N4O2/c1-8(12)9-2-3-14(7-9)4-5-15-10(16)6-13-11(15)17/h8-9H,2-7,12H2,1H3,(H,13,17). The fourth-order valence-corrected chi connectivity index (χ4v) is 2.42. The van der Waals surface area contributed by atoms with Gasteiger partial charge in [0, 0.05) is 25.7 Å². The first-order valence-corrected chi connectivity index (χ1v) is 6.14. The summed E-state index contributed by atoms with van der Waals surface area (Å²) in [7, 11) is 0. The number of likely N-dealkylation sites (tertiary alicyclic amines) is 1. The minimum Gasteiger partial charge on any atom is -0.329 e. The van der Waals surface area contributed by atoms with Crippen molar-refractivity contribution in [3.63, 3.8) is 0 Å². The summed E-state index contributed by atoms with van der Waals surface area (Å²) in [5, 5.41) is 2.52. The van der Waals surface area contributed by atoms with E-state index in [-0.39, 0.29) is 24.5 Å². The fourth-order valence-electron chi connectivity index (χ4n) is 2.42. The van der Waals surface area contributed by atoms with E-state index in [1.165, 1.54) is 4.90 Å². The van der Waals surface area contributed by atoms with Crippen LogP contribution in [0.1, 0.15) is 13.3 Å². The molecular weight excluding hydrogens is 220 g/mol. The van der Waals surface area contributed by atoms with Crippen LogP contribution in [0.4, 0.5) is 4.79 Å². The molecule has 0 aromatic heterocycles. The third kappa shape index (κ3) is 2.76. The summed E-state index contributed by atoms with van der Waals surface area (Å²) >= 11 is 0. The minimum atomic E-state index is -0.266. The Morgan fingerprint density at radius 1 is 1.47 bits per heavy atom. The van der Waals surface area contributed by atoms with Crippen LogP contribution in [0.5, 0.6) is 0 Å². The highest BCUT2D eigenvalue weighted by atomic mass is 16.2. The van der Waals surface area contributed by atoms with E-state index in [1.807, 2.05) is 6.92 Å². The van der Waals surface area contributed by atoms with Crippen LogP contribution in [0, 0.1) is 5.92 Å². The van der Waals surface area contributed by atoms with Crippen molar-refractivity contribution in [2.75, 3.05) is 32.7 Å². The van der Waals surface area contributed by atoms with Crippen molar-refractivity contribution in [2.24, 2.45) is 11.7 Å². The molecular formula is C11H20N4O2. The Balaban J connectivity index is 1.76. The van der Waals surface area contributed by atoms with Crippen LogP contribution in [0.3, 0.4) is 0 Å². The summed E-state index contributed by atoms with van der Waals surface area (Å²) in [5.41, 5.74) is 5.87. The fraction of sp³-hybridized carbons (Fsp3) is 0.818. The molecule has 2 fully saturated rings. The van der Waals surface area contributed by atoms with Gasteiger partial charge in [0.05, 0.1) is 6.54 Å². The molecule has 3 amide bonds. The molecule has 2 atom stereocenters. The number of imide groups is 1. The van der Waals surface area contributed by atoms with Crippen molar-refractivity contribution < 1.29 is 9.59 Å². The average Bonchev–Trinajstić information content (AvgIpc) is 2.85. The number of rotatable bonds is 4. The predicted octanol–water partition coefficient (Wildman–Crippen LogP) is -0.793. The minimum absolute atomic E-state index is 0.127. The van der Waals surface area contributed by atoms with Gasteiger partial charge in [0.25, 0.3) is 0 Å². The Labute approximate surface area is 101 Å². The van der Waals surface area contributed by atoms with Gasteiger partial charge in [-0.25, -0.2) is 4.79 Å². The molecule has 0 aromatic carbocycles. The highest BCUT2D eigenvalue weighted by Gasteiger charge is 2.30. The summed E-state index contributed by atoms with van der Waals surface area (Å²) in [4.78, 5) is 26.2. The summed E-state index contributed by atoms with van der Waals surface area (Å²) < 4.78 is 0. The predicted molar refractivity (Wildman–Crippen MR) is 63.3 cm³/mol. The Bertz CT molecular complexity index is 303. The van der Waals surface area contributed by atoms with Crippen molar-refractivity contribution in [3.05, 3.63) is 0 Å². The van der Waals surface area contributed by atoms with Gasteiger partial charge in [-0.3, -0.25) is 9.69 Å². The van der Waals surface area contributed by atoms with Crippen LogP contribution in [0.15, 0.2) is 0 Å². The van der Waals surface area contributed by atoms with Crippen molar-refractivity contribution >= 4 is 11.9 Å². The monoisotopic (exact) mass is 240 g/mol. The Hall–Kier alpha value is -1.14. The molecule has 2 rings (SSSR count). The number of carbonyl (C=O) groups excluding carboxylic acids is 2. The second-order valence-corrected chi connectivity index (χ2v) is 4.91. The lowest BCUT2D eigenvalue weighted by molar-refractivity contribution is -0.125. The number of urea groups is 1. The Morgan fingerprint density at radius 2 is 2.24 bits per heavy atom. The Morgan fingerprint density at radius 3 is 2.76 bits per heavy atom. The number of nitrogens with two attached hydrogens (primary N) is 1. The number of nitrogens with zero attached hydrogens (tertiary/aromatic N) is 2. The first kappa shape index (κ1) is 12.3. The summed E-state index contributed by atoms with van der Waals surface area (Å²) in [5.74, 6) is 0.413. The molecule has 0 spiro atoms. The van der Waals surface area contributed by atoms with Gasteiger partial charge in [-0.2, -0.15) is 0 Å². The zero-order valence-corrected chi connectivity index (χ0v) is 10.2. The quantitative estimate of drug-likeness (QED) is 0.631.